The van der Waals surface area contributed by atoms with E-state index in [9.17, 15) is 4.79 Å². The van der Waals surface area contributed by atoms with Crippen molar-refractivity contribution in [3.05, 3.63) is 60.1 Å². The zero-order valence-electron chi connectivity index (χ0n) is 13.9. The third-order valence-corrected chi connectivity index (χ3v) is 5.17. The average Bonchev–Trinajstić information content (AvgIpc) is 3.29. The van der Waals surface area contributed by atoms with Crippen molar-refractivity contribution in [2.24, 2.45) is 5.92 Å². The number of rotatable bonds is 4. The Balaban J connectivity index is 1.31. The van der Waals surface area contributed by atoms with Crippen LogP contribution in [0.4, 0.5) is 0 Å². The van der Waals surface area contributed by atoms with Crippen molar-refractivity contribution in [2.45, 2.75) is 25.3 Å². The van der Waals surface area contributed by atoms with Crippen LogP contribution in [0.1, 0.15) is 30.1 Å². The molecule has 0 spiro atoms. The highest BCUT2D eigenvalue weighted by Gasteiger charge is 2.47. The molecule has 2 fully saturated rings. The minimum absolute atomic E-state index is 0.136. The van der Waals surface area contributed by atoms with Crippen LogP contribution in [0.25, 0.3) is 0 Å². The lowest BCUT2D eigenvalue weighted by molar-refractivity contribution is -0.132. The molecule has 4 heteroatoms. The lowest BCUT2D eigenvalue weighted by Gasteiger charge is -2.22. The second-order valence-electron chi connectivity index (χ2n) is 6.90. The van der Waals surface area contributed by atoms with Crippen LogP contribution >= 0.6 is 0 Å². The molecule has 0 radical (unpaired) electrons. The largest absolute Gasteiger partial charge is 0.469 e. The molecule has 1 aliphatic heterocycles. The smallest absolute Gasteiger partial charge is 0.226 e. The van der Waals surface area contributed by atoms with Crippen molar-refractivity contribution in [3.8, 4) is 0 Å². The summed E-state index contributed by atoms with van der Waals surface area (Å²) < 4.78 is 5.45. The second-order valence-corrected chi connectivity index (χ2v) is 6.90. The fourth-order valence-corrected chi connectivity index (χ4v) is 3.71. The Morgan fingerprint density at radius 1 is 1.04 bits per heavy atom. The number of nitrogens with zero attached hydrogens (tertiary/aromatic N) is 2. The van der Waals surface area contributed by atoms with Gasteiger partial charge in [-0.25, -0.2) is 0 Å². The molecule has 4 nitrogen and oxygen atoms in total. The molecule has 2 aliphatic rings. The summed E-state index contributed by atoms with van der Waals surface area (Å²) in [5.41, 5.74) is 1.34. The van der Waals surface area contributed by atoms with Crippen molar-refractivity contribution in [2.75, 3.05) is 26.2 Å². The summed E-state index contributed by atoms with van der Waals surface area (Å²) in [7, 11) is 0. The van der Waals surface area contributed by atoms with Crippen molar-refractivity contribution in [3.63, 3.8) is 0 Å². The lowest BCUT2D eigenvalue weighted by Crippen LogP contribution is -2.36. The van der Waals surface area contributed by atoms with Crippen molar-refractivity contribution >= 4 is 5.91 Å². The van der Waals surface area contributed by atoms with Gasteiger partial charge >= 0.3 is 0 Å². The standard InChI is InChI=1S/C20H24N2O2/c23-20(18-14-17(18)19-8-4-13-24-19)22-10-5-9-21(11-12-22)15-16-6-2-1-3-7-16/h1-4,6-8,13,17-18H,5,9-12,14-15H2/t17-,18-/m0/s1. The second kappa shape index (κ2) is 6.81. The number of benzene rings is 1. The highest BCUT2D eigenvalue weighted by molar-refractivity contribution is 5.82. The molecule has 1 aromatic carbocycles. The molecular weight excluding hydrogens is 300 g/mol. The van der Waals surface area contributed by atoms with Gasteiger partial charge in [0, 0.05) is 44.6 Å². The predicted molar refractivity (Wildman–Crippen MR) is 92.5 cm³/mol. The number of carbonyl (C=O) groups is 1. The SMILES string of the molecule is O=C([C@H]1C[C@@H]1c1ccco1)N1CCCN(Cc2ccccc2)CC1. The van der Waals surface area contributed by atoms with Gasteiger partial charge in [0.15, 0.2) is 0 Å². The summed E-state index contributed by atoms with van der Waals surface area (Å²) >= 11 is 0. The molecule has 1 saturated carbocycles. The van der Waals surface area contributed by atoms with Gasteiger partial charge in [0.05, 0.1) is 6.26 Å². The summed E-state index contributed by atoms with van der Waals surface area (Å²) in [4.78, 5) is 17.3. The van der Waals surface area contributed by atoms with Crippen LogP contribution in [-0.2, 0) is 11.3 Å². The van der Waals surface area contributed by atoms with Crippen molar-refractivity contribution in [1.29, 1.82) is 0 Å². The summed E-state index contributed by atoms with van der Waals surface area (Å²) in [6.45, 7) is 4.71. The van der Waals surface area contributed by atoms with Crippen LogP contribution in [0.5, 0.6) is 0 Å². The van der Waals surface area contributed by atoms with Crippen LogP contribution < -0.4 is 0 Å². The Bertz CT molecular complexity index is 668. The van der Waals surface area contributed by atoms with Gasteiger partial charge in [-0.3, -0.25) is 9.69 Å². The minimum atomic E-state index is 0.136. The first-order valence-electron chi connectivity index (χ1n) is 8.90. The minimum Gasteiger partial charge on any atom is -0.469 e. The van der Waals surface area contributed by atoms with E-state index in [1.54, 1.807) is 6.26 Å². The first kappa shape index (κ1) is 15.5. The summed E-state index contributed by atoms with van der Waals surface area (Å²) in [5.74, 6) is 1.72. The van der Waals surface area contributed by atoms with Crippen LogP contribution in [0.3, 0.4) is 0 Å². The molecule has 126 valence electrons. The summed E-state index contributed by atoms with van der Waals surface area (Å²) in [6, 6.07) is 14.5. The van der Waals surface area contributed by atoms with Gasteiger partial charge in [0.25, 0.3) is 0 Å². The lowest BCUT2D eigenvalue weighted by atomic mass is 10.2. The van der Waals surface area contributed by atoms with Crippen molar-refractivity contribution < 1.29 is 9.21 Å². The maximum atomic E-state index is 12.7. The molecule has 2 aromatic rings. The van der Waals surface area contributed by atoms with E-state index in [1.807, 2.05) is 12.1 Å². The first-order valence-corrected chi connectivity index (χ1v) is 8.90. The highest BCUT2D eigenvalue weighted by atomic mass is 16.3. The third kappa shape index (κ3) is 3.39. The van der Waals surface area contributed by atoms with Gasteiger partial charge in [0.2, 0.25) is 5.91 Å². The maximum Gasteiger partial charge on any atom is 0.226 e. The molecule has 0 bridgehead atoms. The van der Waals surface area contributed by atoms with E-state index in [-0.39, 0.29) is 5.92 Å². The van der Waals surface area contributed by atoms with Crippen LogP contribution in [0.2, 0.25) is 0 Å². The van der Waals surface area contributed by atoms with E-state index in [0.717, 1.165) is 51.3 Å². The van der Waals surface area contributed by atoms with E-state index >= 15 is 0 Å². The Kier molecular flexibility index (Phi) is 4.39. The molecule has 0 unspecified atom stereocenters. The molecule has 1 saturated heterocycles. The number of hydrogen-bond acceptors (Lipinski definition) is 3. The summed E-state index contributed by atoms with van der Waals surface area (Å²) in [5, 5.41) is 0. The quantitative estimate of drug-likeness (QED) is 0.867. The van der Waals surface area contributed by atoms with Gasteiger partial charge < -0.3 is 9.32 Å². The Hall–Kier alpha value is -2.07. The van der Waals surface area contributed by atoms with E-state index in [0.29, 0.717) is 11.8 Å². The van der Waals surface area contributed by atoms with Crippen LogP contribution in [-0.4, -0.2) is 41.9 Å². The highest BCUT2D eigenvalue weighted by Crippen LogP contribution is 2.48. The predicted octanol–water partition coefficient (Wildman–Crippen LogP) is 3.12. The molecule has 1 aliphatic carbocycles. The molecule has 2 atom stereocenters. The Morgan fingerprint density at radius 2 is 1.92 bits per heavy atom. The van der Waals surface area contributed by atoms with Crippen LogP contribution in [0, 0.1) is 5.92 Å². The van der Waals surface area contributed by atoms with E-state index in [4.69, 9.17) is 4.42 Å². The normalized spacial score (nSPS) is 24.6. The molecule has 24 heavy (non-hydrogen) atoms. The molecular formula is C20H24N2O2. The average molecular weight is 324 g/mol. The number of amides is 1. The zero-order chi connectivity index (χ0) is 16.4. The van der Waals surface area contributed by atoms with Gasteiger partial charge in [-0.2, -0.15) is 0 Å². The van der Waals surface area contributed by atoms with Crippen molar-refractivity contribution in [1.82, 2.24) is 9.80 Å². The van der Waals surface area contributed by atoms with Crippen LogP contribution in [0.15, 0.2) is 53.1 Å². The zero-order valence-corrected chi connectivity index (χ0v) is 13.9. The molecule has 1 amide bonds. The maximum absolute atomic E-state index is 12.7. The monoisotopic (exact) mass is 324 g/mol. The van der Waals surface area contributed by atoms with Gasteiger partial charge in [-0.15, -0.1) is 0 Å². The number of furan rings is 1. The molecule has 1 aromatic heterocycles. The van der Waals surface area contributed by atoms with E-state index < -0.39 is 0 Å². The van der Waals surface area contributed by atoms with E-state index in [1.165, 1.54) is 5.56 Å². The molecule has 4 rings (SSSR count). The number of carbonyl (C=O) groups excluding carboxylic acids is 1. The topological polar surface area (TPSA) is 36.7 Å². The summed E-state index contributed by atoms with van der Waals surface area (Å²) in [6.07, 6.45) is 3.69. The van der Waals surface area contributed by atoms with Gasteiger partial charge in [-0.1, -0.05) is 30.3 Å². The third-order valence-electron chi connectivity index (χ3n) is 5.17. The fourth-order valence-electron chi connectivity index (χ4n) is 3.71. The van der Waals surface area contributed by atoms with Gasteiger partial charge in [0.1, 0.15) is 5.76 Å². The Labute approximate surface area is 143 Å². The number of hydrogen-bond donors (Lipinski definition) is 0. The first-order chi connectivity index (χ1) is 11.8. The molecule has 0 N–H and O–H groups in total. The van der Waals surface area contributed by atoms with E-state index in [2.05, 4.69) is 40.1 Å². The molecule has 2 heterocycles. The fraction of sp³-hybridized carbons (Fsp3) is 0.450. The van der Waals surface area contributed by atoms with Gasteiger partial charge in [-0.05, 0) is 30.5 Å². The Morgan fingerprint density at radius 3 is 2.71 bits per heavy atom.